The Kier molecular flexibility index (Phi) is 8.02. The highest BCUT2D eigenvalue weighted by atomic mass is 79.9. The van der Waals surface area contributed by atoms with Gasteiger partial charge in [0.15, 0.2) is 0 Å². The molecule has 0 bridgehead atoms. The summed E-state index contributed by atoms with van der Waals surface area (Å²) in [6.07, 6.45) is 3.52. The number of amides is 2. The zero-order valence-electron chi connectivity index (χ0n) is 13.1. The number of aryl methyl sites for hydroxylation is 1. The van der Waals surface area contributed by atoms with Crippen molar-refractivity contribution in [1.82, 2.24) is 5.32 Å². The predicted molar refractivity (Wildman–Crippen MR) is 97.7 cm³/mol. The molecule has 1 aliphatic rings. The minimum absolute atomic E-state index is 0. The van der Waals surface area contributed by atoms with Gasteiger partial charge in [-0.25, -0.2) is 0 Å². The molecule has 2 rings (SSSR count). The highest BCUT2D eigenvalue weighted by Gasteiger charge is 2.25. The van der Waals surface area contributed by atoms with Crippen LogP contribution >= 0.6 is 28.3 Å². The third kappa shape index (κ3) is 6.12. The maximum absolute atomic E-state index is 12.1. The van der Waals surface area contributed by atoms with Crippen molar-refractivity contribution in [3.8, 4) is 0 Å². The Balaban J connectivity index is 0.00000264. The Morgan fingerprint density at radius 2 is 2.09 bits per heavy atom. The average Bonchev–Trinajstić information content (AvgIpc) is 2.47. The van der Waals surface area contributed by atoms with Crippen LogP contribution in [0.25, 0.3) is 0 Å². The van der Waals surface area contributed by atoms with Crippen molar-refractivity contribution in [2.75, 3.05) is 11.9 Å². The fourth-order valence-corrected chi connectivity index (χ4v) is 3.21. The van der Waals surface area contributed by atoms with Gasteiger partial charge >= 0.3 is 0 Å². The SMILES string of the molecule is Cc1cc(Br)ccc1NC(=O)CNC(=O)C1CCCC(N)C1.Cl. The molecule has 1 aromatic rings. The zero-order valence-corrected chi connectivity index (χ0v) is 15.5. The predicted octanol–water partition coefficient (Wildman–Crippen LogP) is 2.75. The average molecular weight is 405 g/mol. The van der Waals surface area contributed by atoms with Crippen molar-refractivity contribution >= 4 is 45.8 Å². The monoisotopic (exact) mass is 403 g/mol. The van der Waals surface area contributed by atoms with Gasteiger partial charge in [-0.3, -0.25) is 9.59 Å². The zero-order chi connectivity index (χ0) is 16.1. The second-order valence-corrected chi connectivity index (χ2v) is 6.76. The molecule has 0 aromatic heterocycles. The summed E-state index contributed by atoms with van der Waals surface area (Å²) in [5.41, 5.74) is 7.60. The van der Waals surface area contributed by atoms with Crippen LogP contribution in [0.1, 0.15) is 31.2 Å². The summed E-state index contributed by atoms with van der Waals surface area (Å²) in [5, 5.41) is 5.51. The lowest BCUT2D eigenvalue weighted by Crippen LogP contribution is -2.40. The summed E-state index contributed by atoms with van der Waals surface area (Å²) in [4.78, 5) is 24.0. The second-order valence-electron chi connectivity index (χ2n) is 5.85. The normalized spacial score (nSPS) is 20.3. The Morgan fingerprint density at radius 1 is 1.35 bits per heavy atom. The highest BCUT2D eigenvalue weighted by molar-refractivity contribution is 9.10. The quantitative estimate of drug-likeness (QED) is 0.721. The van der Waals surface area contributed by atoms with Crippen LogP contribution in [0.2, 0.25) is 0 Å². The fraction of sp³-hybridized carbons (Fsp3) is 0.500. The molecule has 2 amide bonds. The molecular formula is C16H23BrClN3O2. The number of nitrogens with two attached hydrogens (primary N) is 1. The first-order valence-corrected chi connectivity index (χ1v) is 8.34. The second kappa shape index (κ2) is 9.25. The number of carbonyl (C=O) groups is 2. The molecule has 0 spiro atoms. The van der Waals surface area contributed by atoms with Crippen LogP contribution in [0, 0.1) is 12.8 Å². The van der Waals surface area contributed by atoms with E-state index < -0.39 is 0 Å². The van der Waals surface area contributed by atoms with Gasteiger partial charge in [0.2, 0.25) is 11.8 Å². The van der Waals surface area contributed by atoms with Crippen LogP contribution in [0.3, 0.4) is 0 Å². The fourth-order valence-electron chi connectivity index (χ4n) is 2.74. The molecule has 1 aliphatic carbocycles. The van der Waals surface area contributed by atoms with E-state index in [0.29, 0.717) is 6.42 Å². The van der Waals surface area contributed by atoms with Gasteiger partial charge < -0.3 is 16.4 Å². The van der Waals surface area contributed by atoms with E-state index in [1.54, 1.807) is 0 Å². The van der Waals surface area contributed by atoms with E-state index in [1.807, 2.05) is 25.1 Å². The summed E-state index contributed by atoms with van der Waals surface area (Å²) in [5.74, 6) is -0.359. The van der Waals surface area contributed by atoms with Gasteiger partial charge in [0.05, 0.1) is 6.54 Å². The van der Waals surface area contributed by atoms with Gasteiger partial charge in [-0.15, -0.1) is 12.4 Å². The lowest BCUT2D eigenvalue weighted by atomic mass is 9.85. The number of carbonyl (C=O) groups excluding carboxylic acids is 2. The van der Waals surface area contributed by atoms with Gasteiger partial charge in [0.25, 0.3) is 0 Å². The Hall–Kier alpha value is -1.11. The third-order valence-corrected chi connectivity index (χ3v) is 4.46. The first-order chi connectivity index (χ1) is 10.5. The van der Waals surface area contributed by atoms with Crippen molar-refractivity contribution < 1.29 is 9.59 Å². The molecule has 4 N–H and O–H groups in total. The number of hydrogen-bond donors (Lipinski definition) is 3. The van der Waals surface area contributed by atoms with Crippen LogP contribution in [0.4, 0.5) is 5.69 Å². The van der Waals surface area contributed by atoms with Gasteiger partial charge in [0, 0.05) is 22.1 Å². The molecule has 0 radical (unpaired) electrons. The summed E-state index contributed by atoms with van der Waals surface area (Å²) in [7, 11) is 0. The molecular weight excluding hydrogens is 382 g/mol. The summed E-state index contributed by atoms with van der Waals surface area (Å²) < 4.78 is 0.963. The maximum atomic E-state index is 12.1. The number of halogens is 2. The van der Waals surface area contributed by atoms with E-state index in [2.05, 4.69) is 26.6 Å². The summed E-state index contributed by atoms with van der Waals surface area (Å²) >= 11 is 3.38. The van der Waals surface area contributed by atoms with Crippen LogP contribution < -0.4 is 16.4 Å². The Bertz CT molecular complexity index is 568. The van der Waals surface area contributed by atoms with Crippen molar-refractivity contribution in [3.63, 3.8) is 0 Å². The summed E-state index contributed by atoms with van der Waals surface area (Å²) in [6, 6.07) is 5.73. The largest absolute Gasteiger partial charge is 0.347 e. The van der Waals surface area contributed by atoms with E-state index in [1.165, 1.54) is 0 Å². The number of benzene rings is 1. The minimum atomic E-state index is -0.223. The molecule has 2 unspecified atom stereocenters. The molecule has 0 saturated heterocycles. The maximum Gasteiger partial charge on any atom is 0.243 e. The van der Waals surface area contributed by atoms with E-state index >= 15 is 0 Å². The van der Waals surface area contributed by atoms with Crippen LogP contribution in [0.15, 0.2) is 22.7 Å². The minimum Gasteiger partial charge on any atom is -0.347 e. The number of anilines is 1. The Morgan fingerprint density at radius 3 is 2.74 bits per heavy atom. The molecule has 1 saturated carbocycles. The van der Waals surface area contributed by atoms with Crippen molar-refractivity contribution in [1.29, 1.82) is 0 Å². The van der Waals surface area contributed by atoms with Crippen molar-refractivity contribution in [2.24, 2.45) is 11.7 Å². The molecule has 1 aromatic carbocycles. The molecule has 23 heavy (non-hydrogen) atoms. The molecule has 2 atom stereocenters. The van der Waals surface area contributed by atoms with Gasteiger partial charge in [-0.1, -0.05) is 22.4 Å². The number of rotatable bonds is 4. The molecule has 7 heteroatoms. The molecule has 1 fully saturated rings. The van der Waals surface area contributed by atoms with Gasteiger partial charge in [-0.05, 0) is 49.9 Å². The number of nitrogens with one attached hydrogen (secondary N) is 2. The van der Waals surface area contributed by atoms with Crippen molar-refractivity contribution in [3.05, 3.63) is 28.2 Å². The Labute approximate surface area is 151 Å². The summed E-state index contributed by atoms with van der Waals surface area (Å²) in [6.45, 7) is 1.91. The third-order valence-electron chi connectivity index (χ3n) is 3.97. The molecule has 128 valence electrons. The smallest absolute Gasteiger partial charge is 0.243 e. The van der Waals surface area contributed by atoms with Crippen LogP contribution in [-0.4, -0.2) is 24.4 Å². The van der Waals surface area contributed by atoms with Crippen LogP contribution in [0.5, 0.6) is 0 Å². The lowest BCUT2D eigenvalue weighted by molar-refractivity contribution is -0.128. The topological polar surface area (TPSA) is 84.2 Å². The first-order valence-electron chi connectivity index (χ1n) is 7.55. The van der Waals surface area contributed by atoms with E-state index in [-0.39, 0.29) is 42.7 Å². The van der Waals surface area contributed by atoms with Crippen molar-refractivity contribution in [2.45, 2.75) is 38.6 Å². The van der Waals surface area contributed by atoms with E-state index in [9.17, 15) is 9.59 Å². The first kappa shape index (κ1) is 19.9. The van der Waals surface area contributed by atoms with Crippen LogP contribution in [-0.2, 0) is 9.59 Å². The standard InChI is InChI=1S/C16H22BrN3O2.ClH/c1-10-7-12(17)5-6-14(10)20-15(21)9-19-16(22)11-3-2-4-13(18)8-11;/h5-7,11,13H,2-4,8-9,18H2,1H3,(H,19,22)(H,20,21);1H. The van der Waals surface area contributed by atoms with Gasteiger partial charge in [-0.2, -0.15) is 0 Å². The van der Waals surface area contributed by atoms with Gasteiger partial charge in [0.1, 0.15) is 0 Å². The van der Waals surface area contributed by atoms with E-state index in [4.69, 9.17) is 5.73 Å². The lowest BCUT2D eigenvalue weighted by Gasteiger charge is -2.25. The molecule has 0 aliphatic heterocycles. The number of hydrogen-bond acceptors (Lipinski definition) is 3. The highest BCUT2D eigenvalue weighted by Crippen LogP contribution is 2.23. The van der Waals surface area contributed by atoms with E-state index in [0.717, 1.165) is 35.0 Å². The molecule has 5 nitrogen and oxygen atoms in total. The molecule has 0 heterocycles.